The standard InChI is InChI=1S/C19H18N6O3S2/c1-3-24-18(20-11-22-24)19-23-17-14-5-4-12(8-15(14)28-7-6-16(17)29-19)13-9-21-25(10-13)30(2,26)27/h4-5,8-11H,3,6-7H2,1-2H3. The van der Waals surface area contributed by atoms with Gasteiger partial charge in [-0.25, -0.2) is 23.1 Å². The Morgan fingerprint density at radius 1 is 1.23 bits per heavy atom. The summed E-state index contributed by atoms with van der Waals surface area (Å²) in [5.41, 5.74) is 3.33. The number of hydrogen-bond donors (Lipinski definition) is 0. The number of aromatic nitrogens is 6. The van der Waals surface area contributed by atoms with Gasteiger partial charge in [-0.2, -0.15) is 14.3 Å². The molecule has 4 aromatic rings. The molecular formula is C19H18N6O3S2. The molecule has 3 aromatic heterocycles. The van der Waals surface area contributed by atoms with Crippen LogP contribution in [0.1, 0.15) is 11.8 Å². The predicted molar refractivity (Wildman–Crippen MR) is 113 cm³/mol. The van der Waals surface area contributed by atoms with Crippen molar-refractivity contribution in [3.8, 4) is 39.0 Å². The van der Waals surface area contributed by atoms with Crippen molar-refractivity contribution in [3.63, 3.8) is 0 Å². The Labute approximate surface area is 177 Å². The highest BCUT2D eigenvalue weighted by Gasteiger charge is 2.23. The summed E-state index contributed by atoms with van der Waals surface area (Å²) in [4.78, 5) is 10.4. The van der Waals surface area contributed by atoms with Crippen LogP contribution < -0.4 is 4.74 Å². The number of ether oxygens (including phenoxy) is 1. The topological polar surface area (TPSA) is 105 Å². The predicted octanol–water partition coefficient (Wildman–Crippen LogP) is 2.69. The monoisotopic (exact) mass is 442 g/mol. The molecule has 5 rings (SSSR count). The Hall–Kier alpha value is -3.05. The van der Waals surface area contributed by atoms with E-state index in [0.717, 1.165) is 55.8 Å². The fourth-order valence-corrected chi connectivity index (χ4v) is 4.98. The van der Waals surface area contributed by atoms with Crippen LogP contribution in [0.25, 0.3) is 33.2 Å². The van der Waals surface area contributed by atoms with Crippen molar-refractivity contribution >= 4 is 21.4 Å². The Kier molecular flexibility index (Phi) is 4.44. The molecular weight excluding hydrogens is 424 g/mol. The van der Waals surface area contributed by atoms with Crippen LogP contribution in [-0.4, -0.2) is 50.2 Å². The summed E-state index contributed by atoms with van der Waals surface area (Å²) < 4.78 is 32.2. The molecule has 1 aliphatic heterocycles. The van der Waals surface area contributed by atoms with Crippen molar-refractivity contribution in [2.24, 2.45) is 0 Å². The summed E-state index contributed by atoms with van der Waals surface area (Å²) in [6.07, 6.45) is 6.44. The summed E-state index contributed by atoms with van der Waals surface area (Å²) in [7, 11) is -3.43. The molecule has 4 heterocycles. The first-order valence-corrected chi connectivity index (χ1v) is 12.0. The van der Waals surface area contributed by atoms with Gasteiger partial charge in [0.1, 0.15) is 12.1 Å². The van der Waals surface area contributed by atoms with Crippen LogP contribution in [0, 0.1) is 0 Å². The zero-order chi connectivity index (χ0) is 20.9. The highest BCUT2D eigenvalue weighted by Crippen LogP contribution is 2.41. The van der Waals surface area contributed by atoms with Crippen LogP contribution in [0.3, 0.4) is 0 Å². The van der Waals surface area contributed by atoms with Gasteiger partial charge in [0.05, 0.1) is 31.0 Å². The lowest BCUT2D eigenvalue weighted by Gasteiger charge is -2.09. The summed E-state index contributed by atoms with van der Waals surface area (Å²) in [5.74, 6) is 1.48. The first-order valence-electron chi connectivity index (χ1n) is 9.34. The summed E-state index contributed by atoms with van der Waals surface area (Å²) in [6, 6.07) is 5.79. The highest BCUT2D eigenvalue weighted by molar-refractivity contribution is 7.89. The van der Waals surface area contributed by atoms with Crippen molar-refractivity contribution in [1.29, 1.82) is 0 Å². The molecule has 1 aromatic carbocycles. The van der Waals surface area contributed by atoms with Gasteiger partial charge in [-0.3, -0.25) is 0 Å². The quantitative estimate of drug-likeness (QED) is 0.478. The number of fused-ring (bicyclic) bond motifs is 3. The van der Waals surface area contributed by atoms with Crippen LogP contribution >= 0.6 is 11.3 Å². The largest absolute Gasteiger partial charge is 0.492 e. The van der Waals surface area contributed by atoms with Gasteiger partial charge in [0, 0.05) is 29.0 Å². The summed E-state index contributed by atoms with van der Waals surface area (Å²) in [6.45, 7) is 3.28. The Morgan fingerprint density at radius 3 is 2.87 bits per heavy atom. The molecule has 0 N–H and O–H groups in total. The molecule has 11 heteroatoms. The van der Waals surface area contributed by atoms with Gasteiger partial charge in [0.2, 0.25) is 0 Å². The Balaban J connectivity index is 1.56. The summed E-state index contributed by atoms with van der Waals surface area (Å²) in [5, 5.41) is 9.02. The highest BCUT2D eigenvalue weighted by atomic mass is 32.2. The molecule has 0 saturated heterocycles. The lowest BCUT2D eigenvalue weighted by molar-refractivity contribution is 0.327. The molecule has 1 aliphatic rings. The lowest BCUT2D eigenvalue weighted by Crippen LogP contribution is -2.09. The van der Waals surface area contributed by atoms with Gasteiger partial charge in [-0.15, -0.1) is 11.3 Å². The van der Waals surface area contributed by atoms with Gasteiger partial charge in [0.25, 0.3) is 10.0 Å². The molecule has 0 bridgehead atoms. The minimum atomic E-state index is -3.43. The van der Waals surface area contributed by atoms with Gasteiger partial charge in [-0.1, -0.05) is 6.07 Å². The second-order valence-electron chi connectivity index (χ2n) is 6.86. The lowest BCUT2D eigenvalue weighted by atomic mass is 10.0. The van der Waals surface area contributed by atoms with E-state index in [1.807, 2.05) is 29.8 Å². The van der Waals surface area contributed by atoms with Crippen LogP contribution in [0.5, 0.6) is 5.75 Å². The van der Waals surface area contributed by atoms with E-state index in [-0.39, 0.29) is 0 Å². The molecule has 0 amide bonds. The zero-order valence-corrected chi connectivity index (χ0v) is 17.9. The molecule has 0 unspecified atom stereocenters. The van der Waals surface area contributed by atoms with Gasteiger partial charge >= 0.3 is 0 Å². The molecule has 154 valence electrons. The SMILES string of the molecule is CCn1ncnc1-c1nc2c(s1)CCOc1cc(-c3cnn(S(C)(=O)=O)c3)ccc1-2. The number of benzene rings is 1. The smallest absolute Gasteiger partial charge is 0.250 e. The van der Waals surface area contributed by atoms with Crippen molar-refractivity contribution in [2.75, 3.05) is 12.9 Å². The average Bonchev–Trinajstić information content (AvgIpc) is 3.45. The maximum atomic E-state index is 11.7. The van der Waals surface area contributed by atoms with Crippen LogP contribution in [0.2, 0.25) is 0 Å². The maximum Gasteiger partial charge on any atom is 0.250 e. The van der Waals surface area contributed by atoms with E-state index in [2.05, 4.69) is 15.2 Å². The molecule has 0 fully saturated rings. The molecule has 0 radical (unpaired) electrons. The van der Waals surface area contributed by atoms with Crippen molar-refractivity contribution < 1.29 is 13.2 Å². The fourth-order valence-electron chi connectivity index (χ4n) is 3.39. The molecule has 30 heavy (non-hydrogen) atoms. The van der Waals surface area contributed by atoms with E-state index in [1.54, 1.807) is 17.7 Å². The van der Waals surface area contributed by atoms with E-state index in [4.69, 9.17) is 9.72 Å². The Bertz CT molecular complexity index is 1350. The molecule has 0 aliphatic carbocycles. The average molecular weight is 443 g/mol. The number of hydrogen-bond acceptors (Lipinski definition) is 8. The van der Waals surface area contributed by atoms with E-state index in [1.165, 1.54) is 12.4 Å². The second kappa shape index (κ2) is 7.03. The molecule has 9 nitrogen and oxygen atoms in total. The summed E-state index contributed by atoms with van der Waals surface area (Å²) >= 11 is 1.61. The third-order valence-corrected chi connectivity index (χ3v) is 6.85. The normalized spacial score (nSPS) is 13.4. The van der Waals surface area contributed by atoms with Gasteiger partial charge < -0.3 is 4.74 Å². The number of nitrogens with zero attached hydrogens (tertiary/aromatic N) is 6. The third-order valence-electron chi connectivity index (χ3n) is 4.86. The number of aryl methyl sites for hydroxylation is 1. The molecule has 0 spiro atoms. The van der Waals surface area contributed by atoms with Crippen molar-refractivity contribution in [3.05, 3.63) is 41.8 Å². The van der Waals surface area contributed by atoms with E-state index >= 15 is 0 Å². The number of thiazole rings is 1. The minimum absolute atomic E-state index is 0.536. The minimum Gasteiger partial charge on any atom is -0.492 e. The fraction of sp³-hybridized carbons (Fsp3) is 0.263. The third kappa shape index (κ3) is 3.19. The molecule has 0 saturated carbocycles. The van der Waals surface area contributed by atoms with E-state index in [0.29, 0.717) is 17.9 Å². The van der Waals surface area contributed by atoms with E-state index in [9.17, 15) is 8.42 Å². The van der Waals surface area contributed by atoms with Crippen molar-refractivity contribution in [2.45, 2.75) is 19.9 Å². The second-order valence-corrected chi connectivity index (χ2v) is 9.79. The van der Waals surface area contributed by atoms with Gasteiger partial charge in [0.15, 0.2) is 10.8 Å². The Morgan fingerprint density at radius 2 is 2.10 bits per heavy atom. The van der Waals surface area contributed by atoms with Crippen LogP contribution in [0.15, 0.2) is 36.9 Å². The first kappa shape index (κ1) is 18.9. The maximum absolute atomic E-state index is 11.7. The first-order chi connectivity index (χ1) is 14.4. The van der Waals surface area contributed by atoms with Crippen molar-refractivity contribution in [1.82, 2.24) is 28.9 Å². The van der Waals surface area contributed by atoms with Gasteiger partial charge in [-0.05, 0) is 24.6 Å². The van der Waals surface area contributed by atoms with Crippen LogP contribution in [0.4, 0.5) is 0 Å². The zero-order valence-electron chi connectivity index (χ0n) is 16.3. The van der Waals surface area contributed by atoms with E-state index < -0.39 is 10.0 Å². The van der Waals surface area contributed by atoms with Crippen LogP contribution in [-0.2, 0) is 23.0 Å². The number of rotatable bonds is 4. The molecule has 0 atom stereocenters.